The molecule has 0 unspecified atom stereocenters. The van der Waals surface area contributed by atoms with E-state index in [0.717, 1.165) is 93.8 Å². The maximum Gasteiger partial charge on any atom is 0.160 e. The molecular weight excluding hydrogens is 687 g/mol. The van der Waals surface area contributed by atoms with Crippen LogP contribution in [0, 0.1) is 0 Å². The molecule has 0 radical (unpaired) electrons. The molecule has 270 valence electrons. The zero-order valence-electron chi connectivity index (χ0n) is 30.9. The van der Waals surface area contributed by atoms with Crippen LogP contribution in [0.2, 0.25) is 0 Å². The van der Waals surface area contributed by atoms with Crippen LogP contribution in [0.4, 0.5) is 17.1 Å². The number of amidine groups is 1. The number of fused-ring (bicyclic) bond motifs is 4. The van der Waals surface area contributed by atoms with Crippen LogP contribution in [-0.2, 0) is 6.42 Å². The van der Waals surface area contributed by atoms with Crippen molar-refractivity contribution in [3.8, 4) is 23.0 Å². The molecule has 3 aliphatic heterocycles. The van der Waals surface area contributed by atoms with Gasteiger partial charge in [-0.3, -0.25) is 0 Å². The SMILES string of the molecule is C1=C(c2ccc(N3c4ccccc4Oc4ccccc43)cc2)N=C(c2ccccc2)N=C(c2ccc(CCC3c4ccccc4Oc4ccccc43)cc2)CC1. The molecule has 0 N–H and O–H groups in total. The quantitative estimate of drug-likeness (QED) is 0.164. The number of hydrogen-bond donors (Lipinski definition) is 0. The van der Waals surface area contributed by atoms with Crippen molar-refractivity contribution in [3.63, 3.8) is 0 Å². The molecule has 5 heteroatoms. The average molecular weight is 726 g/mol. The third-order valence-electron chi connectivity index (χ3n) is 10.9. The van der Waals surface area contributed by atoms with Gasteiger partial charge in [-0.05, 0) is 85.3 Å². The molecule has 0 bridgehead atoms. The molecule has 3 heterocycles. The van der Waals surface area contributed by atoms with Gasteiger partial charge >= 0.3 is 0 Å². The van der Waals surface area contributed by atoms with Crippen LogP contribution in [0.15, 0.2) is 192 Å². The number of allylic oxidation sites excluding steroid dienone is 1. The normalized spacial score (nSPS) is 14.6. The standard InChI is InChI=1S/C51H39N3O2/c1-2-13-38(14-3-1)51-52-43(36-28-25-35(26-29-36)27-34-40-41-15-4-8-21-47(41)55-48-22-9-5-16-42(40)48)17-12-18-44(53-51)37-30-32-39(33-31-37)54-45-19-6-10-23-49(45)56-50-24-11-7-20-46(50)54/h1-11,13-16,18-26,28-33,40H,12,17,27,34H2. The van der Waals surface area contributed by atoms with E-state index in [2.05, 4.69) is 120 Å². The fraction of sp³-hybridized carbons (Fsp3) is 0.0980. The summed E-state index contributed by atoms with van der Waals surface area (Å²) in [5.41, 5.74) is 12.1. The predicted octanol–water partition coefficient (Wildman–Crippen LogP) is 13.2. The lowest BCUT2D eigenvalue weighted by Gasteiger charge is -2.32. The van der Waals surface area contributed by atoms with Crippen LogP contribution in [-0.4, -0.2) is 11.5 Å². The maximum absolute atomic E-state index is 6.25. The van der Waals surface area contributed by atoms with E-state index in [-0.39, 0.29) is 0 Å². The monoisotopic (exact) mass is 725 g/mol. The molecular formula is C51H39N3O2. The van der Waals surface area contributed by atoms with Gasteiger partial charge in [0, 0.05) is 33.9 Å². The van der Waals surface area contributed by atoms with E-state index in [1.165, 1.54) is 16.7 Å². The van der Waals surface area contributed by atoms with Gasteiger partial charge in [-0.1, -0.05) is 133 Å². The minimum absolute atomic E-state index is 0.292. The van der Waals surface area contributed by atoms with Gasteiger partial charge in [0.15, 0.2) is 17.3 Å². The van der Waals surface area contributed by atoms with Crippen LogP contribution in [0.25, 0.3) is 5.70 Å². The summed E-state index contributed by atoms with van der Waals surface area (Å²) in [5.74, 6) is 4.61. The zero-order valence-corrected chi connectivity index (χ0v) is 30.9. The van der Waals surface area contributed by atoms with E-state index in [0.29, 0.717) is 11.8 Å². The lowest BCUT2D eigenvalue weighted by atomic mass is 9.84. The highest BCUT2D eigenvalue weighted by Gasteiger charge is 2.27. The fourth-order valence-corrected chi connectivity index (χ4v) is 8.08. The van der Waals surface area contributed by atoms with E-state index < -0.39 is 0 Å². The number of para-hydroxylation sites is 6. The average Bonchev–Trinajstić information content (AvgIpc) is 3.25. The Kier molecular flexibility index (Phi) is 8.81. The molecule has 0 fully saturated rings. The van der Waals surface area contributed by atoms with Crippen LogP contribution in [0.1, 0.15) is 58.6 Å². The van der Waals surface area contributed by atoms with E-state index in [1.807, 2.05) is 66.7 Å². The van der Waals surface area contributed by atoms with Crippen LogP contribution in [0.3, 0.4) is 0 Å². The third kappa shape index (κ3) is 6.47. The summed E-state index contributed by atoms with van der Waals surface area (Å²) >= 11 is 0. The summed E-state index contributed by atoms with van der Waals surface area (Å²) in [4.78, 5) is 12.8. The smallest absolute Gasteiger partial charge is 0.160 e. The summed E-state index contributed by atoms with van der Waals surface area (Å²) in [6.07, 6.45) is 5.86. The van der Waals surface area contributed by atoms with E-state index in [1.54, 1.807) is 0 Å². The predicted molar refractivity (Wildman–Crippen MR) is 227 cm³/mol. The van der Waals surface area contributed by atoms with Crippen molar-refractivity contribution >= 4 is 34.3 Å². The molecule has 7 aromatic rings. The van der Waals surface area contributed by atoms with Crippen molar-refractivity contribution in [1.29, 1.82) is 0 Å². The molecule has 0 saturated heterocycles. The number of anilines is 3. The third-order valence-corrected chi connectivity index (χ3v) is 10.9. The summed E-state index contributed by atoms with van der Waals surface area (Å²) in [5, 5.41) is 0. The first kappa shape index (κ1) is 33.6. The molecule has 3 aliphatic rings. The first-order valence-electron chi connectivity index (χ1n) is 19.4. The van der Waals surface area contributed by atoms with Crippen molar-refractivity contribution in [1.82, 2.24) is 0 Å². The Hall–Kier alpha value is -6.98. The first-order chi connectivity index (χ1) is 27.7. The first-order valence-corrected chi connectivity index (χ1v) is 19.4. The molecule has 10 rings (SSSR count). The van der Waals surface area contributed by atoms with Gasteiger partial charge in [-0.2, -0.15) is 0 Å². The zero-order chi connectivity index (χ0) is 37.3. The number of benzene rings is 7. The highest BCUT2D eigenvalue weighted by atomic mass is 16.5. The number of hydrogen-bond acceptors (Lipinski definition) is 5. The Morgan fingerprint density at radius 2 is 1.05 bits per heavy atom. The molecule has 5 nitrogen and oxygen atoms in total. The Labute approximate surface area is 327 Å². The van der Waals surface area contributed by atoms with Gasteiger partial charge in [0.2, 0.25) is 0 Å². The maximum atomic E-state index is 6.25. The van der Waals surface area contributed by atoms with Gasteiger partial charge in [-0.15, -0.1) is 0 Å². The van der Waals surface area contributed by atoms with Crippen LogP contribution < -0.4 is 14.4 Å². The number of aryl methyl sites for hydroxylation is 1. The molecule has 0 saturated carbocycles. The summed E-state index contributed by atoms with van der Waals surface area (Å²) in [6, 6.07) is 61.2. The second-order valence-corrected chi connectivity index (χ2v) is 14.4. The molecule has 7 aromatic carbocycles. The van der Waals surface area contributed by atoms with Crippen molar-refractivity contribution in [2.75, 3.05) is 4.90 Å². The number of rotatable bonds is 7. The molecule has 0 aliphatic carbocycles. The van der Waals surface area contributed by atoms with E-state index in [9.17, 15) is 0 Å². The number of aliphatic imine (C=N–C) groups is 2. The van der Waals surface area contributed by atoms with Crippen LogP contribution in [0.5, 0.6) is 23.0 Å². The summed E-state index contributed by atoms with van der Waals surface area (Å²) < 4.78 is 12.5. The van der Waals surface area contributed by atoms with Gasteiger partial charge in [-0.25, -0.2) is 9.98 Å². The molecule has 56 heavy (non-hydrogen) atoms. The highest BCUT2D eigenvalue weighted by Crippen LogP contribution is 2.50. The van der Waals surface area contributed by atoms with Crippen molar-refractivity contribution in [2.24, 2.45) is 9.98 Å². The van der Waals surface area contributed by atoms with Crippen LogP contribution >= 0.6 is 0 Å². The lowest BCUT2D eigenvalue weighted by Crippen LogP contribution is -2.15. The Morgan fingerprint density at radius 1 is 0.500 bits per heavy atom. The van der Waals surface area contributed by atoms with Crippen molar-refractivity contribution in [2.45, 2.75) is 31.6 Å². The summed E-state index contributed by atoms with van der Waals surface area (Å²) in [6.45, 7) is 0. The lowest BCUT2D eigenvalue weighted by molar-refractivity contribution is 0.441. The van der Waals surface area contributed by atoms with Gasteiger partial charge in [0.05, 0.1) is 22.8 Å². The molecule has 0 atom stereocenters. The molecule has 0 aromatic heterocycles. The minimum Gasteiger partial charge on any atom is -0.457 e. The Bertz CT molecular complexity index is 2550. The number of ether oxygens (including phenoxy) is 2. The fourth-order valence-electron chi connectivity index (χ4n) is 8.08. The Morgan fingerprint density at radius 3 is 1.71 bits per heavy atom. The van der Waals surface area contributed by atoms with Gasteiger partial charge in [0.25, 0.3) is 0 Å². The largest absolute Gasteiger partial charge is 0.457 e. The minimum atomic E-state index is 0.292. The summed E-state index contributed by atoms with van der Waals surface area (Å²) in [7, 11) is 0. The van der Waals surface area contributed by atoms with Crippen molar-refractivity contribution < 1.29 is 9.47 Å². The second-order valence-electron chi connectivity index (χ2n) is 14.4. The van der Waals surface area contributed by atoms with Crippen molar-refractivity contribution in [3.05, 3.63) is 215 Å². The Balaban J connectivity index is 0.915. The van der Waals surface area contributed by atoms with E-state index >= 15 is 0 Å². The highest BCUT2D eigenvalue weighted by molar-refractivity contribution is 6.14. The molecule has 0 amide bonds. The van der Waals surface area contributed by atoms with Gasteiger partial charge < -0.3 is 14.4 Å². The topological polar surface area (TPSA) is 46.4 Å². The number of nitrogens with zero attached hydrogens (tertiary/aromatic N) is 3. The molecule has 0 spiro atoms. The second kappa shape index (κ2) is 14.7. The van der Waals surface area contributed by atoms with E-state index in [4.69, 9.17) is 19.5 Å². The van der Waals surface area contributed by atoms with Gasteiger partial charge in [0.1, 0.15) is 11.5 Å².